The Labute approximate surface area is 116 Å². The summed E-state index contributed by atoms with van der Waals surface area (Å²) in [7, 11) is 6.95. The Morgan fingerprint density at radius 1 is 0.500 bits per heavy atom. The minimum absolute atomic E-state index is 1.19. The lowest BCUT2D eigenvalue weighted by Crippen LogP contribution is -2.13. The van der Waals surface area contributed by atoms with Crippen molar-refractivity contribution in [1.29, 1.82) is 0 Å². The standard InChI is InChI=1S/C15H27B3/c1-4-10-13(7-16)11(5-2)15(9-18)12(6-3)14(10)8-17/h4-9,16-18H2,1-3H3. The van der Waals surface area contributed by atoms with Crippen LogP contribution >= 0.6 is 0 Å². The van der Waals surface area contributed by atoms with Crippen LogP contribution in [-0.2, 0) is 38.2 Å². The van der Waals surface area contributed by atoms with E-state index in [2.05, 4.69) is 44.3 Å². The molecule has 0 aliphatic heterocycles. The van der Waals surface area contributed by atoms with Crippen molar-refractivity contribution in [2.45, 2.75) is 59.0 Å². The Morgan fingerprint density at radius 3 is 0.833 bits per heavy atom. The molecule has 0 amide bonds. The van der Waals surface area contributed by atoms with Gasteiger partial charge in [0.1, 0.15) is 23.5 Å². The zero-order chi connectivity index (χ0) is 13.7. The minimum atomic E-state index is 1.19. The second-order valence-corrected chi connectivity index (χ2v) is 4.99. The molecule has 0 aliphatic rings. The van der Waals surface area contributed by atoms with E-state index in [4.69, 9.17) is 0 Å². The van der Waals surface area contributed by atoms with Crippen LogP contribution in [0.2, 0.25) is 0 Å². The summed E-state index contributed by atoms with van der Waals surface area (Å²) in [6, 6.07) is 0. The molecule has 1 rings (SSSR count). The van der Waals surface area contributed by atoms with E-state index in [1.54, 1.807) is 33.4 Å². The van der Waals surface area contributed by atoms with E-state index in [1.165, 1.54) is 38.2 Å². The van der Waals surface area contributed by atoms with Gasteiger partial charge < -0.3 is 0 Å². The summed E-state index contributed by atoms with van der Waals surface area (Å²) in [6.45, 7) is 6.95. The van der Waals surface area contributed by atoms with Gasteiger partial charge in [-0.1, -0.05) is 39.7 Å². The molecule has 1 aromatic carbocycles. The largest absolute Gasteiger partial charge is 0.107 e. The molecule has 0 bridgehead atoms. The molecule has 96 valence electrons. The highest BCUT2D eigenvalue weighted by atomic mass is 14.2. The van der Waals surface area contributed by atoms with Crippen molar-refractivity contribution in [2.24, 2.45) is 0 Å². The second kappa shape index (κ2) is 7.11. The first-order valence-corrected chi connectivity index (χ1v) is 7.86. The molecule has 1 aromatic rings. The van der Waals surface area contributed by atoms with Crippen molar-refractivity contribution in [3.8, 4) is 0 Å². The summed E-state index contributed by atoms with van der Waals surface area (Å²) in [6.07, 6.45) is 7.14. The minimum Gasteiger partial charge on any atom is -0.0613 e. The zero-order valence-electron chi connectivity index (χ0n) is 13.2. The predicted octanol–water partition coefficient (Wildman–Crippen LogP) is 0.773. The molecule has 0 aliphatic carbocycles. The van der Waals surface area contributed by atoms with Crippen LogP contribution in [0.1, 0.15) is 54.2 Å². The quantitative estimate of drug-likeness (QED) is 0.644. The van der Waals surface area contributed by atoms with Crippen molar-refractivity contribution in [3.05, 3.63) is 33.4 Å². The third-order valence-corrected chi connectivity index (χ3v) is 4.31. The summed E-state index contributed by atoms with van der Waals surface area (Å²) >= 11 is 0. The van der Waals surface area contributed by atoms with Crippen molar-refractivity contribution in [3.63, 3.8) is 0 Å². The van der Waals surface area contributed by atoms with E-state index < -0.39 is 0 Å². The van der Waals surface area contributed by atoms with E-state index in [1.807, 2.05) is 0 Å². The normalized spacial score (nSPS) is 10.8. The lowest BCUT2D eigenvalue weighted by Gasteiger charge is -2.24. The molecular weight excluding hydrogens is 213 g/mol. The van der Waals surface area contributed by atoms with Crippen LogP contribution in [0, 0.1) is 0 Å². The predicted molar refractivity (Wildman–Crippen MR) is 91.3 cm³/mol. The summed E-state index contributed by atoms with van der Waals surface area (Å²) in [5.41, 5.74) is 9.95. The molecule has 0 radical (unpaired) electrons. The summed E-state index contributed by atoms with van der Waals surface area (Å²) in [5, 5.41) is 0. The van der Waals surface area contributed by atoms with Crippen LogP contribution in [0.4, 0.5) is 0 Å². The van der Waals surface area contributed by atoms with Gasteiger partial charge in [-0.3, -0.25) is 0 Å². The van der Waals surface area contributed by atoms with Gasteiger partial charge in [0.15, 0.2) is 0 Å². The van der Waals surface area contributed by atoms with Gasteiger partial charge in [0, 0.05) is 0 Å². The van der Waals surface area contributed by atoms with Gasteiger partial charge in [-0.25, -0.2) is 0 Å². The Kier molecular flexibility index (Phi) is 6.12. The maximum absolute atomic E-state index is 2.32. The smallest absolute Gasteiger partial charge is 0.0613 e. The van der Waals surface area contributed by atoms with Crippen LogP contribution in [0.15, 0.2) is 0 Å². The molecule has 0 nitrogen and oxygen atoms in total. The molecule has 0 saturated heterocycles. The van der Waals surface area contributed by atoms with Gasteiger partial charge in [-0.05, 0) is 52.6 Å². The topological polar surface area (TPSA) is 0 Å². The van der Waals surface area contributed by atoms with Crippen molar-refractivity contribution >= 4 is 23.5 Å². The van der Waals surface area contributed by atoms with Crippen molar-refractivity contribution in [2.75, 3.05) is 0 Å². The molecular formula is C15H27B3. The first-order valence-electron chi connectivity index (χ1n) is 7.86. The third-order valence-electron chi connectivity index (χ3n) is 4.31. The Balaban J connectivity index is 3.71. The highest BCUT2D eigenvalue weighted by molar-refractivity contribution is 6.10. The summed E-state index contributed by atoms with van der Waals surface area (Å²) < 4.78 is 0. The lowest BCUT2D eigenvalue weighted by molar-refractivity contribution is 0.942. The summed E-state index contributed by atoms with van der Waals surface area (Å²) in [4.78, 5) is 0. The highest BCUT2D eigenvalue weighted by Crippen LogP contribution is 2.30. The fraction of sp³-hybridized carbons (Fsp3) is 0.600. The first kappa shape index (κ1) is 15.5. The Bertz CT molecular complexity index is 290. The number of hydrogen-bond acceptors (Lipinski definition) is 0. The molecule has 3 heteroatoms. The van der Waals surface area contributed by atoms with E-state index in [-0.39, 0.29) is 0 Å². The zero-order valence-corrected chi connectivity index (χ0v) is 13.2. The van der Waals surface area contributed by atoms with E-state index in [9.17, 15) is 0 Å². The molecule has 0 saturated carbocycles. The molecule has 0 unspecified atom stereocenters. The fourth-order valence-electron chi connectivity index (χ4n) is 3.65. The van der Waals surface area contributed by atoms with Crippen molar-refractivity contribution < 1.29 is 0 Å². The maximum atomic E-state index is 2.32. The summed E-state index contributed by atoms with van der Waals surface area (Å²) in [5.74, 6) is 0. The average Bonchev–Trinajstić information content (AvgIpc) is 2.43. The van der Waals surface area contributed by atoms with Crippen molar-refractivity contribution in [1.82, 2.24) is 0 Å². The molecule has 0 spiro atoms. The Morgan fingerprint density at radius 2 is 0.722 bits per heavy atom. The van der Waals surface area contributed by atoms with Gasteiger partial charge in [0.05, 0.1) is 0 Å². The van der Waals surface area contributed by atoms with Gasteiger partial charge >= 0.3 is 0 Å². The van der Waals surface area contributed by atoms with E-state index in [0.29, 0.717) is 0 Å². The average molecular weight is 240 g/mol. The van der Waals surface area contributed by atoms with Crippen LogP contribution in [-0.4, -0.2) is 23.5 Å². The first-order chi connectivity index (χ1) is 8.69. The Hall–Kier alpha value is -0.585. The highest BCUT2D eigenvalue weighted by Gasteiger charge is 2.17. The molecule has 0 atom stereocenters. The van der Waals surface area contributed by atoms with Crippen LogP contribution in [0.5, 0.6) is 0 Å². The van der Waals surface area contributed by atoms with Gasteiger partial charge in [-0.2, -0.15) is 0 Å². The van der Waals surface area contributed by atoms with E-state index in [0.717, 1.165) is 0 Å². The lowest BCUT2D eigenvalue weighted by atomic mass is 9.73. The van der Waals surface area contributed by atoms with Crippen LogP contribution in [0.25, 0.3) is 0 Å². The molecule has 0 N–H and O–H groups in total. The number of rotatable bonds is 6. The SMILES string of the molecule is BCc1c(CC)c(CB)c(CC)c(CB)c1CC. The maximum Gasteiger partial charge on any atom is 0.107 e. The van der Waals surface area contributed by atoms with Crippen LogP contribution in [0.3, 0.4) is 0 Å². The molecule has 18 heavy (non-hydrogen) atoms. The molecule has 0 fully saturated rings. The third kappa shape index (κ3) is 2.55. The number of hydrogen-bond donors (Lipinski definition) is 0. The van der Waals surface area contributed by atoms with Gasteiger partial charge in [-0.15, -0.1) is 0 Å². The fourth-order valence-corrected chi connectivity index (χ4v) is 3.65. The van der Waals surface area contributed by atoms with E-state index >= 15 is 0 Å². The van der Waals surface area contributed by atoms with Crippen LogP contribution < -0.4 is 0 Å². The monoisotopic (exact) mass is 240 g/mol. The second-order valence-electron chi connectivity index (χ2n) is 4.99. The molecule has 0 aromatic heterocycles. The van der Waals surface area contributed by atoms with Gasteiger partial charge in [0.25, 0.3) is 0 Å². The number of benzene rings is 1. The molecule has 0 heterocycles. The van der Waals surface area contributed by atoms with Gasteiger partial charge in [0.2, 0.25) is 0 Å².